The third-order valence-electron chi connectivity index (χ3n) is 4.43. The van der Waals surface area contributed by atoms with Gasteiger partial charge in [-0.1, -0.05) is 30.3 Å². The van der Waals surface area contributed by atoms with Gasteiger partial charge in [-0.3, -0.25) is 9.59 Å². The van der Waals surface area contributed by atoms with Crippen molar-refractivity contribution >= 4 is 11.7 Å². The van der Waals surface area contributed by atoms with Crippen LogP contribution >= 0.6 is 0 Å². The standard InChI is InChI=1S/C23H20FNO3/c1-25(15-16-7-13-19(28-2)14-8-16)23(27)21-6-4-3-5-20(21)22(26)17-9-11-18(24)12-10-17/h3-14H,15H2,1-2H3. The number of methoxy groups -OCH3 is 1. The number of ether oxygens (including phenoxy) is 1. The summed E-state index contributed by atoms with van der Waals surface area (Å²) in [6, 6.07) is 19.4. The molecule has 0 aliphatic carbocycles. The Balaban J connectivity index is 1.83. The first-order valence-electron chi connectivity index (χ1n) is 8.77. The molecular weight excluding hydrogens is 357 g/mol. The Kier molecular flexibility index (Phi) is 5.84. The van der Waals surface area contributed by atoms with Crippen molar-refractivity contribution in [3.05, 3.63) is 101 Å². The number of rotatable bonds is 6. The SMILES string of the molecule is COc1ccc(CN(C)C(=O)c2ccccc2C(=O)c2ccc(F)cc2)cc1. The summed E-state index contributed by atoms with van der Waals surface area (Å²) in [6.07, 6.45) is 0. The molecule has 0 heterocycles. The van der Waals surface area contributed by atoms with Crippen molar-refractivity contribution in [1.29, 1.82) is 0 Å². The van der Waals surface area contributed by atoms with Gasteiger partial charge in [-0.05, 0) is 48.0 Å². The van der Waals surface area contributed by atoms with Crippen LogP contribution in [-0.4, -0.2) is 30.7 Å². The third kappa shape index (κ3) is 4.26. The minimum atomic E-state index is -0.417. The lowest BCUT2D eigenvalue weighted by atomic mass is 9.97. The molecule has 142 valence electrons. The van der Waals surface area contributed by atoms with Crippen molar-refractivity contribution in [3.63, 3.8) is 0 Å². The zero-order valence-electron chi connectivity index (χ0n) is 15.7. The monoisotopic (exact) mass is 377 g/mol. The molecule has 0 atom stereocenters. The highest BCUT2D eigenvalue weighted by Gasteiger charge is 2.20. The Morgan fingerprint density at radius 1 is 0.893 bits per heavy atom. The molecule has 0 radical (unpaired) electrons. The molecule has 0 saturated heterocycles. The largest absolute Gasteiger partial charge is 0.497 e. The van der Waals surface area contributed by atoms with Crippen molar-refractivity contribution in [3.8, 4) is 5.75 Å². The summed E-state index contributed by atoms with van der Waals surface area (Å²) >= 11 is 0. The van der Waals surface area contributed by atoms with Gasteiger partial charge >= 0.3 is 0 Å². The van der Waals surface area contributed by atoms with Gasteiger partial charge in [0.15, 0.2) is 5.78 Å². The molecule has 0 spiro atoms. The Bertz CT molecular complexity index is 981. The van der Waals surface area contributed by atoms with Crippen LogP contribution in [0.15, 0.2) is 72.8 Å². The molecule has 0 unspecified atom stereocenters. The molecule has 0 saturated carbocycles. The summed E-state index contributed by atoms with van der Waals surface area (Å²) in [5, 5.41) is 0. The Labute approximate surface area is 163 Å². The molecule has 5 heteroatoms. The zero-order chi connectivity index (χ0) is 20.1. The Hall–Kier alpha value is -3.47. The minimum Gasteiger partial charge on any atom is -0.497 e. The third-order valence-corrected chi connectivity index (χ3v) is 4.43. The van der Waals surface area contributed by atoms with Crippen LogP contribution in [0.1, 0.15) is 31.8 Å². The molecule has 0 aliphatic rings. The van der Waals surface area contributed by atoms with Gasteiger partial charge < -0.3 is 9.64 Å². The van der Waals surface area contributed by atoms with Crippen LogP contribution in [0.5, 0.6) is 5.75 Å². The molecule has 0 aromatic heterocycles. The van der Waals surface area contributed by atoms with E-state index >= 15 is 0 Å². The highest BCUT2D eigenvalue weighted by molar-refractivity contribution is 6.15. The predicted octanol–water partition coefficient (Wildman–Crippen LogP) is 4.34. The maximum Gasteiger partial charge on any atom is 0.254 e. The predicted molar refractivity (Wildman–Crippen MR) is 105 cm³/mol. The van der Waals surface area contributed by atoms with Crippen molar-refractivity contribution in [2.45, 2.75) is 6.54 Å². The maximum absolute atomic E-state index is 13.1. The fourth-order valence-electron chi connectivity index (χ4n) is 2.91. The summed E-state index contributed by atoms with van der Waals surface area (Å²) < 4.78 is 18.3. The van der Waals surface area contributed by atoms with Crippen molar-refractivity contribution in [1.82, 2.24) is 4.90 Å². The summed E-state index contributed by atoms with van der Waals surface area (Å²) in [5.41, 5.74) is 1.88. The normalized spacial score (nSPS) is 10.4. The second-order valence-electron chi connectivity index (χ2n) is 6.39. The lowest BCUT2D eigenvalue weighted by molar-refractivity contribution is 0.0780. The molecule has 3 aromatic carbocycles. The van der Waals surface area contributed by atoms with Crippen LogP contribution in [0.3, 0.4) is 0 Å². The number of amides is 1. The summed E-state index contributed by atoms with van der Waals surface area (Å²) in [4.78, 5) is 27.4. The molecule has 4 nitrogen and oxygen atoms in total. The van der Waals surface area contributed by atoms with E-state index in [0.717, 1.165) is 11.3 Å². The Morgan fingerprint density at radius 3 is 2.11 bits per heavy atom. The first kappa shape index (κ1) is 19.3. The molecule has 0 fully saturated rings. The van der Waals surface area contributed by atoms with Crippen molar-refractivity contribution in [2.75, 3.05) is 14.2 Å². The number of carbonyl (C=O) groups is 2. The maximum atomic E-state index is 13.1. The number of halogens is 1. The van der Waals surface area contributed by atoms with Gasteiger partial charge in [0.05, 0.1) is 12.7 Å². The van der Waals surface area contributed by atoms with E-state index in [9.17, 15) is 14.0 Å². The topological polar surface area (TPSA) is 46.6 Å². The first-order chi connectivity index (χ1) is 13.5. The number of hydrogen-bond acceptors (Lipinski definition) is 3. The van der Waals surface area contributed by atoms with E-state index in [4.69, 9.17) is 4.74 Å². The zero-order valence-corrected chi connectivity index (χ0v) is 15.7. The number of hydrogen-bond donors (Lipinski definition) is 0. The van der Waals surface area contributed by atoms with Crippen LogP contribution < -0.4 is 4.74 Å². The summed E-state index contributed by atoms with van der Waals surface area (Å²) in [7, 11) is 3.28. The van der Waals surface area contributed by atoms with Crippen molar-refractivity contribution in [2.24, 2.45) is 0 Å². The van der Waals surface area contributed by atoms with Gasteiger partial charge in [-0.2, -0.15) is 0 Å². The lowest BCUT2D eigenvalue weighted by Crippen LogP contribution is -2.28. The fraction of sp³-hybridized carbons (Fsp3) is 0.130. The average molecular weight is 377 g/mol. The molecule has 28 heavy (non-hydrogen) atoms. The first-order valence-corrected chi connectivity index (χ1v) is 8.77. The van der Waals surface area contributed by atoms with Gasteiger partial charge in [0.2, 0.25) is 0 Å². The average Bonchev–Trinajstić information content (AvgIpc) is 2.73. The van der Waals surface area contributed by atoms with Gasteiger partial charge in [-0.15, -0.1) is 0 Å². The number of carbonyl (C=O) groups excluding carboxylic acids is 2. The second kappa shape index (κ2) is 8.48. The molecule has 1 amide bonds. The number of nitrogens with zero attached hydrogens (tertiary/aromatic N) is 1. The smallest absolute Gasteiger partial charge is 0.254 e. The molecular formula is C23H20FNO3. The molecule has 0 aliphatic heterocycles. The van der Waals surface area contributed by atoms with E-state index in [1.54, 1.807) is 43.3 Å². The van der Waals surface area contributed by atoms with E-state index in [-0.39, 0.29) is 11.7 Å². The van der Waals surface area contributed by atoms with Crippen molar-refractivity contribution < 1.29 is 18.7 Å². The Morgan fingerprint density at radius 2 is 1.50 bits per heavy atom. The van der Waals surface area contributed by atoms with E-state index < -0.39 is 5.82 Å². The fourth-order valence-corrected chi connectivity index (χ4v) is 2.91. The molecule has 0 N–H and O–H groups in total. The van der Waals surface area contributed by atoms with Gasteiger partial charge in [0.1, 0.15) is 11.6 Å². The van der Waals surface area contributed by atoms with Crippen LogP contribution in [0.4, 0.5) is 4.39 Å². The van der Waals surface area contributed by atoms with Gasteiger partial charge in [0, 0.05) is 24.7 Å². The van der Waals surface area contributed by atoms with E-state index in [2.05, 4.69) is 0 Å². The van der Waals surface area contributed by atoms with Crippen LogP contribution in [0.25, 0.3) is 0 Å². The van der Waals surface area contributed by atoms with Crippen LogP contribution in [0, 0.1) is 5.82 Å². The van der Waals surface area contributed by atoms with Crippen LogP contribution in [-0.2, 0) is 6.54 Å². The molecule has 0 bridgehead atoms. The summed E-state index contributed by atoms with van der Waals surface area (Å²) in [6.45, 7) is 0.391. The van der Waals surface area contributed by atoms with Gasteiger partial charge in [0.25, 0.3) is 5.91 Å². The molecule has 3 aromatic rings. The van der Waals surface area contributed by atoms with E-state index in [0.29, 0.717) is 23.2 Å². The molecule has 3 rings (SSSR count). The summed E-state index contributed by atoms with van der Waals surface area (Å²) in [5.74, 6) is -0.253. The van der Waals surface area contributed by atoms with E-state index in [1.165, 1.54) is 24.3 Å². The quantitative estimate of drug-likeness (QED) is 0.601. The lowest BCUT2D eigenvalue weighted by Gasteiger charge is -2.19. The van der Waals surface area contributed by atoms with E-state index in [1.807, 2.05) is 24.3 Å². The number of ketones is 1. The highest BCUT2D eigenvalue weighted by atomic mass is 19.1. The second-order valence-corrected chi connectivity index (χ2v) is 6.39. The number of benzene rings is 3. The minimum absolute atomic E-state index is 0.262. The van der Waals surface area contributed by atoms with Crippen LogP contribution in [0.2, 0.25) is 0 Å². The highest BCUT2D eigenvalue weighted by Crippen LogP contribution is 2.18. The van der Waals surface area contributed by atoms with Gasteiger partial charge in [-0.25, -0.2) is 4.39 Å².